The first kappa shape index (κ1) is 13.6. The molecule has 6 heteroatoms. The van der Waals surface area contributed by atoms with Gasteiger partial charge >= 0.3 is 5.97 Å². The Bertz CT molecular complexity index is 445. The Kier molecular flexibility index (Phi) is 4.57. The molecule has 1 aliphatic heterocycles. The lowest BCUT2D eigenvalue weighted by Crippen LogP contribution is -2.25. The number of nitrogens with two attached hydrogens (primary N) is 1. The number of carbonyl (C=O) groups is 1. The summed E-state index contributed by atoms with van der Waals surface area (Å²) in [5.41, 5.74) is 6.61. The summed E-state index contributed by atoms with van der Waals surface area (Å²) in [7, 11) is 1.33. The van der Waals surface area contributed by atoms with Gasteiger partial charge in [0.25, 0.3) is 0 Å². The van der Waals surface area contributed by atoms with E-state index in [0.717, 1.165) is 32.6 Å². The van der Waals surface area contributed by atoms with Gasteiger partial charge < -0.3 is 20.5 Å². The number of aromatic nitrogens is 1. The van der Waals surface area contributed by atoms with Gasteiger partial charge in [-0.05, 0) is 30.9 Å². The minimum absolute atomic E-state index is 0.249. The zero-order valence-electron chi connectivity index (χ0n) is 11.0. The molecule has 0 aliphatic carbocycles. The number of pyridine rings is 1. The van der Waals surface area contributed by atoms with E-state index in [0.29, 0.717) is 17.4 Å². The summed E-state index contributed by atoms with van der Waals surface area (Å²) >= 11 is 0. The zero-order valence-corrected chi connectivity index (χ0v) is 11.0. The van der Waals surface area contributed by atoms with Crippen molar-refractivity contribution in [2.75, 3.05) is 37.9 Å². The predicted molar refractivity (Wildman–Crippen MR) is 72.0 cm³/mol. The second-order valence-electron chi connectivity index (χ2n) is 4.59. The topological polar surface area (TPSA) is 86.5 Å². The molecule has 1 atom stereocenters. The maximum atomic E-state index is 11.4. The fraction of sp³-hybridized carbons (Fsp3) is 0.538. The number of nitrogens with zero attached hydrogens (tertiary/aromatic N) is 1. The highest BCUT2D eigenvalue weighted by atomic mass is 16.5. The van der Waals surface area contributed by atoms with E-state index in [1.54, 1.807) is 12.1 Å². The van der Waals surface area contributed by atoms with Crippen molar-refractivity contribution in [1.82, 2.24) is 4.98 Å². The SMILES string of the molecule is COC(=O)c1ccc(N)c(NCC2CCCOC2)n1. The smallest absolute Gasteiger partial charge is 0.356 e. The van der Waals surface area contributed by atoms with Gasteiger partial charge in [-0.25, -0.2) is 9.78 Å². The van der Waals surface area contributed by atoms with E-state index in [2.05, 4.69) is 15.0 Å². The number of nitrogens with one attached hydrogen (secondary N) is 1. The number of methoxy groups -OCH3 is 1. The second-order valence-corrected chi connectivity index (χ2v) is 4.59. The summed E-state index contributed by atoms with van der Waals surface area (Å²) in [6, 6.07) is 3.20. The molecule has 1 aromatic rings. The molecule has 2 rings (SSSR count). The Morgan fingerprint density at radius 2 is 2.47 bits per heavy atom. The quantitative estimate of drug-likeness (QED) is 0.798. The van der Waals surface area contributed by atoms with Gasteiger partial charge in [0, 0.05) is 13.2 Å². The minimum atomic E-state index is -0.468. The van der Waals surface area contributed by atoms with E-state index < -0.39 is 5.97 Å². The fourth-order valence-electron chi connectivity index (χ4n) is 2.04. The number of ether oxygens (including phenoxy) is 2. The minimum Gasteiger partial charge on any atom is -0.464 e. The van der Waals surface area contributed by atoms with Gasteiger partial charge in [-0.1, -0.05) is 0 Å². The van der Waals surface area contributed by atoms with E-state index in [9.17, 15) is 4.79 Å². The average Bonchev–Trinajstić information content (AvgIpc) is 2.46. The monoisotopic (exact) mass is 265 g/mol. The Hall–Kier alpha value is -1.82. The lowest BCUT2D eigenvalue weighted by Gasteiger charge is -2.22. The molecule has 0 aromatic carbocycles. The van der Waals surface area contributed by atoms with Gasteiger partial charge in [0.05, 0.1) is 19.4 Å². The number of carbonyl (C=O) groups excluding carboxylic acids is 1. The van der Waals surface area contributed by atoms with Crippen molar-refractivity contribution in [3.05, 3.63) is 17.8 Å². The number of nitrogen functional groups attached to an aromatic ring is 1. The highest BCUT2D eigenvalue weighted by molar-refractivity contribution is 5.88. The Balaban J connectivity index is 2.00. The van der Waals surface area contributed by atoms with Gasteiger partial charge in [0.1, 0.15) is 5.82 Å². The molecular formula is C13H19N3O3. The summed E-state index contributed by atoms with van der Waals surface area (Å²) in [4.78, 5) is 15.6. The Labute approximate surface area is 112 Å². The van der Waals surface area contributed by atoms with Gasteiger partial charge in [-0.2, -0.15) is 0 Å². The molecule has 1 fully saturated rings. The summed E-state index contributed by atoms with van der Waals surface area (Å²) in [6.45, 7) is 2.33. The number of rotatable bonds is 4. The highest BCUT2D eigenvalue weighted by Crippen LogP contribution is 2.19. The molecule has 3 N–H and O–H groups in total. The van der Waals surface area contributed by atoms with Crippen LogP contribution in [0.5, 0.6) is 0 Å². The van der Waals surface area contributed by atoms with Crippen molar-refractivity contribution in [3.8, 4) is 0 Å². The van der Waals surface area contributed by atoms with Crippen LogP contribution >= 0.6 is 0 Å². The van der Waals surface area contributed by atoms with Crippen molar-refractivity contribution in [2.24, 2.45) is 5.92 Å². The van der Waals surface area contributed by atoms with Crippen molar-refractivity contribution >= 4 is 17.5 Å². The van der Waals surface area contributed by atoms with Crippen LogP contribution in [-0.2, 0) is 9.47 Å². The van der Waals surface area contributed by atoms with E-state index in [-0.39, 0.29) is 5.69 Å². The maximum Gasteiger partial charge on any atom is 0.356 e. The van der Waals surface area contributed by atoms with Crippen LogP contribution in [0.15, 0.2) is 12.1 Å². The van der Waals surface area contributed by atoms with Gasteiger partial charge in [0.2, 0.25) is 0 Å². The first-order chi connectivity index (χ1) is 9.20. The molecule has 0 saturated carbocycles. The largest absolute Gasteiger partial charge is 0.464 e. The van der Waals surface area contributed by atoms with Crippen LogP contribution in [0.2, 0.25) is 0 Å². The predicted octanol–water partition coefficient (Wildman–Crippen LogP) is 1.29. The molecule has 1 aliphatic rings. The lowest BCUT2D eigenvalue weighted by atomic mass is 10.0. The molecule has 0 radical (unpaired) electrons. The third-order valence-electron chi connectivity index (χ3n) is 3.13. The normalized spacial score (nSPS) is 18.9. The molecule has 0 spiro atoms. The number of anilines is 2. The Morgan fingerprint density at radius 3 is 3.16 bits per heavy atom. The molecule has 19 heavy (non-hydrogen) atoms. The summed E-state index contributed by atoms with van der Waals surface area (Å²) in [5, 5.41) is 3.18. The molecule has 0 amide bonds. The van der Waals surface area contributed by atoms with Crippen LogP contribution < -0.4 is 11.1 Å². The highest BCUT2D eigenvalue weighted by Gasteiger charge is 2.15. The van der Waals surface area contributed by atoms with E-state index >= 15 is 0 Å². The van der Waals surface area contributed by atoms with E-state index in [1.165, 1.54) is 7.11 Å². The maximum absolute atomic E-state index is 11.4. The number of hydrogen-bond donors (Lipinski definition) is 2. The van der Waals surface area contributed by atoms with Crippen LogP contribution in [0.25, 0.3) is 0 Å². The van der Waals surface area contributed by atoms with E-state index in [4.69, 9.17) is 10.5 Å². The number of hydrogen-bond acceptors (Lipinski definition) is 6. The van der Waals surface area contributed by atoms with Gasteiger partial charge in [-0.15, -0.1) is 0 Å². The summed E-state index contributed by atoms with van der Waals surface area (Å²) in [5.74, 6) is 0.509. The Morgan fingerprint density at radius 1 is 1.63 bits per heavy atom. The molecule has 104 valence electrons. The van der Waals surface area contributed by atoms with Crippen LogP contribution in [0.1, 0.15) is 23.3 Å². The fourth-order valence-corrected chi connectivity index (χ4v) is 2.04. The van der Waals surface area contributed by atoms with Crippen molar-refractivity contribution in [2.45, 2.75) is 12.8 Å². The third-order valence-corrected chi connectivity index (χ3v) is 3.13. The van der Waals surface area contributed by atoms with Crippen LogP contribution in [0.4, 0.5) is 11.5 Å². The summed E-state index contributed by atoms with van der Waals surface area (Å²) in [6.07, 6.45) is 2.21. The molecule has 1 saturated heterocycles. The first-order valence-electron chi connectivity index (χ1n) is 6.37. The van der Waals surface area contributed by atoms with Crippen LogP contribution in [0, 0.1) is 5.92 Å². The molecule has 0 bridgehead atoms. The third kappa shape index (κ3) is 3.57. The lowest BCUT2D eigenvalue weighted by molar-refractivity contribution is 0.0589. The van der Waals surface area contributed by atoms with Crippen molar-refractivity contribution in [1.29, 1.82) is 0 Å². The van der Waals surface area contributed by atoms with Crippen LogP contribution in [-0.4, -0.2) is 37.8 Å². The molecule has 2 heterocycles. The first-order valence-corrected chi connectivity index (χ1v) is 6.37. The molecule has 1 aromatic heterocycles. The van der Waals surface area contributed by atoms with Crippen molar-refractivity contribution < 1.29 is 14.3 Å². The average molecular weight is 265 g/mol. The zero-order chi connectivity index (χ0) is 13.7. The molecule has 1 unspecified atom stereocenters. The number of esters is 1. The second kappa shape index (κ2) is 6.38. The van der Waals surface area contributed by atoms with E-state index in [1.807, 2.05) is 0 Å². The molecule has 6 nitrogen and oxygen atoms in total. The molecular weight excluding hydrogens is 246 g/mol. The van der Waals surface area contributed by atoms with Gasteiger partial charge in [0.15, 0.2) is 5.69 Å². The van der Waals surface area contributed by atoms with Crippen molar-refractivity contribution in [3.63, 3.8) is 0 Å². The van der Waals surface area contributed by atoms with Crippen LogP contribution in [0.3, 0.4) is 0 Å². The standard InChI is InChI=1S/C13H19N3O3/c1-18-13(17)11-5-4-10(14)12(16-11)15-7-9-3-2-6-19-8-9/h4-5,9H,2-3,6-8,14H2,1H3,(H,15,16). The summed E-state index contributed by atoms with van der Waals surface area (Å²) < 4.78 is 10.0. The van der Waals surface area contributed by atoms with Gasteiger partial charge in [-0.3, -0.25) is 0 Å².